The summed E-state index contributed by atoms with van der Waals surface area (Å²) in [6.07, 6.45) is 5.09. The molecule has 0 saturated carbocycles. The number of imidazole rings is 1. The zero-order valence-electron chi connectivity index (χ0n) is 16.4. The lowest BCUT2D eigenvalue weighted by Gasteiger charge is -2.15. The van der Waals surface area contributed by atoms with Crippen LogP contribution in [0.1, 0.15) is 31.7 Å². The third kappa shape index (κ3) is 3.88. The molecule has 0 atom stereocenters. The van der Waals surface area contributed by atoms with E-state index < -0.39 is 17.2 Å². The molecule has 4 aromatic rings. The standard InChI is InChI=1S/C21H21F2N5O/c1-13-20(25-26-28(13)18-6-5-15(22)10-17(18)23)14-4-7-19-24-16(12-27(19)11-14)8-9-21(2,3)29/h4-7,10-12,29H,8-9H2,1-3H3. The highest BCUT2D eigenvalue weighted by atomic mass is 19.1. The molecule has 0 aliphatic heterocycles. The van der Waals surface area contributed by atoms with E-state index in [0.717, 1.165) is 23.0 Å². The molecular formula is C21H21F2N5O. The van der Waals surface area contributed by atoms with Gasteiger partial charge in [-0.05, 0) is 57.9 Å². The molecule has 150 valence electrons. The number of aryl methyl sites for hydroxylation is 1. The van der Waals surface area contributed by atoms with Crippen molar-refractivity contribution in [1.82, 2.24) is 24.4 Å². The van der Waals surface area contributed by atoms with Crippen molar-refractivity contribution in [3.63, 3.8) is 0 Å². The van der Waals surface area contributed by atoms with E-state index in [1.807, 2.05) is 28.9 Å². The maximum absolute atomic E-state index is 14.1. The molecule has 0 saturated heterocycles. The first kappa shape index (κ1) is 19.2. The van der Waals surface area contributed by atoms with Crippen molar-refractivity contribution in [3.05, 3.63) is 65.7 Å². The summed E-state index contributed by atoms with van der Waals surface area (Å²) < 4.78 is 30.6. The lowest BCUT2D eigenvalue weighted by molar-refractivity contribution is 0.0711. The number of aliphatic hydroxyl groups is 1. The maximum atomic E-state index is 14.1. The number of nitrogens with zero attached hydrogens (tertiary/aromatic N) is 5. The number of benzene rings is 1. The first-order chi connectivity index (χ1) is 13.7. The first-order valence-corrected chi connectivity index (χ1v) is 9.29. The molecular weight excluding hydrogens is 376 g/mol. The molecule has 1 N–H and O–H groups in total. The highest BCUT2D eigenvalue weighted by Crippen LogP contribution is 2.25. The fraction of sp³-hybridized carbons (Fsp3) is 0.286. The Hall–Kier alpha value is -3.13. The number of hydrogen-bond acceptors (Lipinski definition) is 4. The summed E-state index contributed by atoms with van der Waals surface area (Å²) in [7, 11) is 0. The predicted molar refractivity (Wildman–Crippen MR) is 105 cm³/mol. The number of aromatic nitrogens is 5. The molecule has 0 unspecified atom stereocenters. The van der Waals surface area contributed by atoms with E-state index in [-0.39, 0.29) is 5.69 Å². The van der Waals surface area contributed by atoms with E-state index in [9.17, 15) is 13.9 Å². The highest BCUT2D eigenvalue weighted by molar-refractivity contribution is 5.63. The number of fused-ring (bicyclic) bond motifs is 1. The van der Waals surface area contributed by atoms with Crippen LogP contribution in [0, 0.1) is 18.6 Å². The van der Waals surface area contributed by atoms with E-state index in [4.69, 9.17) is 0 Å². The van der Waals surface area contributed by atoms with Crippen LogP contribution in [0.25, 0.3) is 22.6 Å². The molecule has 0 fully saturated rings. The minimum Gasteiger partial charge on any atom is -0.390 e. The Morgan fingerprint density at radius 2 is 1.90 bits per heavy atom. The number of rotatable bonds is 5. The van der Waals surface area contributed by atoms with Crippen molar-refractivity contribution >= 4 is 5.65 Å². The number of halogens is 2. The summed E-state index contributed by atoms with van der Waals surface area (Å²) in [6.45, 7) is 5.33. The Bertz CT molecular complexity index is 1190. The van der Waals surface area contributed by atoms with E-state index in [2.05, 4.69) is 15.3 Å². The molecule has 4 rings (SSSR count). The second kappa shape index (κ2) is 7.04. The van der Waals surface area contributed by atoms with Crippen LogP contribution in [0.2, 0.25) is 0 Å². The van der Waals surface area contributed by atoms with Crippen LogP contribution in [0.5, 0.6) is 0 Å². The van der Waals surface area contributed by atoms with Crippen LogP contribution in [0.15, 0.2) is 42.7 Å². The van der Waals surface area contributed by atoms with Crippen LogP contribution < -0.4 is 0 Å². The number of pyridine rings is 1. The van der Waals surface area contributed by atoms with Gasteiger partial charge in [0.1, 0.15) is 22.8 Å². The fourth-order valence-corrected chi connectivity index (χ4v) is 3.22. The van der Waals surface area contributed by atoms with Crippen molar-refractivity contribution in [2.75, 3.05) is 0 Å². The third-order valence-corrected chi connectivity index (χ3v) is 4.80. The molecule has 3 heterocycles. The number of hydrogen-bond donors (Lipinski definition) is 1. The molecule has 1 aromatic carbocycles. The average molecular weight is 397 g/mol. The molecule has 29 heavy (non-hydrogen) atoms. The van der Waals surface area contributed by atoms with E-state index in [1.165, 1.54) is 16.8 Å². The summed E-state index contributed by atoms with van der Waals surface area (Å²) in [5.41, 5.74) is 3.11. The van der Waals surface area contributed by atoms with Gasteiger partial charge < -0.3 is 9.51 Å². The van der Waals surface area contributed by atoms with Gasteiger partial charge in [-0.15, -0.1) is 5.10 Å². The zero-order chi connectivity index (χ0) is 20.8. The van der Waals surface area contributed by atoms with Crippen molar-refractivity contribution in [2.24, 2.45) is 0 Å². The van der Waals surface area contributed by atoms with Gasteiger partial charge in [0.15, 0.2) is 5.82 Å². The quantitative estimate of drug-likeness (QED) is 0.555. The molecule has 8 heteroatoms. The lowest BCUT2D eigenvalue weighted by Crippen LogP contribution is -2.19. The molecule has 0 radical (unpaired) electrons. The van der Waals surface area contributed by atoms with Crippen LogP contribution in [-0.4, -0.2) is 35.1 Å². The normalized spacial score (nSPS) is 12.1. The Labute approximate surface area is 166 Å². The Morgan fingerprint density at radius 1 is 1.10 bits per heavy atom. The van der Waals surface area contributed by atoms with Crippen molar-refractivity contribution in [2.45, 2.75) is 39.2 Å². The van der Waals surface area contributed by atoms with Gasteiger partial charge in [0.25, 0.3) is 0 Å². The summed E-state index contributed by atoms with van der Waals surface area (Å²) >= 11 is 0. The van der Waals surface area contributed by atoms with Crippen molar-refractivity contribution in [3.8, 4) is 16.9 Å². The topological polar surface area (TPSA) is 68.2 Å². The van der Waals surface area contributed by atoms with Gasteiger partial charge in [0.2, 0.25) is 0 Å². The highest BCUT2D eigenvalue weighted by Gasteiger charge is 2.17. The molecule has 0 aliphatic rings. The molecule has 0 spiro atoms. The molecule has 0 amide bonds. The third-order valence-electron chi connectivity index (χ3n) is 4.80. The lowest BCUT2D eigenvalue weighted by atomic mass is 10.0. The zero-order valence-corrected chi connectivity index (χ0v) is 16.4. The first-order valence-electron chi connectivity index (χ1n) is 9.29. The summed E-state index contributed by atoms with van der Waals surface area (Å²) in [5, 5.41) is 18.1. The molecule has 3 aromatic heterocycles. The Kier molecular flexibility index (Phi) is 4.66. The Balaban J connectivity index is 1.67. The van der Waals surface area contributed by atoms with Crippen LogP contribution >= 0.6 is 0 Å². The van der Waals surface area contributed by atoms with Gasteiger partial charge >= 0.3 is 0 Å². The smallest absolute Gasteiger partial charge is 0.151 e. The van der Waals surface area contributed by atoms with E-state index in [0.29, 0.717) is 24.2 Å². The van der Waals surface area contributed by atoms with Crippen LogP contribution in [0.3, 0.4) is 0 Å². The summed E-state index contributed by atoms with van der Waals surface area (Å²) in [5.74, 6) is -1.35. The second-order valence-corrected chi connectivity index (χ2v) is 7.76. The maximum Gasteiger partial charge on any atom is 0.151 e. The van der Waals surface area contributed by atoms with Gasteiger partial charge in [-0.3, -0.25) is 0 Å². The van der Waals surface area contributed by atoms with Gasteiger partial charge in [0.05, 0.1) is 17.0 Å². The second-order valence-electron chi connectivity index (χ2n) is 7.76. The molecule has 0 bridgehead atoms. The van der Waals surface area contributed by atoms with E-state index in [1.54, 1.807) is 20.8 Å². The van der Waals surface area contributed by atoms with Crippen LogP contribution in [0.4, 0.5) is 8.78 Å². The molecule has 6 nitrogen and oxygen atoms in total. The molecule has 0 aliphatic carbocycles. The van der Waals surface area contributed by atoms with Crippen molar-refractivity contribution in [1.29, 1.82) is 0 Å². The van der Waals surface area contributed by atoms with E-state index >= 15 is 0 Å². The fourth-order valence-electron chi connectivity index (χ4n) is 3.22. The largest absolute Gasteiger partial charge is 0.390 e. The van der Waals surface area contributed by atoms with Gasteiger partial charge in [-0.25, -0.2) is 18.4 Å². The Morgan fingerprint density at radius 3 is 2.62 bits per heavy atom. The minimum absolute atomic E-state index is 0.139. The van der Waals surface area contributed by atoms with Gasteiger partial charge in [-0.1, -0.05) is 5.21 Å². The summed E-state index contributed by atoms with van der Waals surface area (Å²) in [4.78, 5) is 4.57. The van der Waals surface area contributed by atoms with Gasteiger partial charge in [0, 0.05) is 24.0 Å². The average Bonchev–Trinajstić information content (AvgIpc) is 3.22. The van der Waals surface area contributed by atoms with Crippen LogP contribution in [-0.2, 0) is 6.42 Å². The summed E-state index contributed by atoms with van der Waals surface area (Å²) in [6, 6.07) is 7.10. The predicted octanol–water partition coefficient (Wildman–Crippen LogP) is 3.87. The monoisotopic (exact) mass is 397 g/mol. The van der Waals surface area contributed by atoms with Gasteiger partial charge in [-0.2, -0.15) is 0 Å². The SMILES string of the molecule is Cc1c(-c2ccc3nc(CCC(C)(C)O)cn3c2)nnn1-c1ccc(F)cc1F. The van der Waals surface area contributed by atoms with Crippen molar-refractivity contribution < 1.29 is 13.9 Å². The minimum atomic E-state index is -0.744.